The Balaban J connectivity index is 1.90. The fourth-order valence-electron chi connectivity index (χ4n) is 2.48. The Morgan fingerprint density at radius 3 is 2.87 bits per heavy atom. The van der Waals surface area contributed by atoms with Gasteiger partial charge in [0, 0.05) is 11.6 Å². The molecule has 7 nitrogen and oxygen atoms in total. The number of hydrogen-bond acceptors (Lipinski definition) is 6. The first kappa shape index (κ1) is 15.4. The number of methoxy groups -OCH3 is 1. The van der Waals surface area contributed by atoms with Crippen LogP contribution in [0.4, 0.5) is 5.69 Å². The number of nitrogens with zero attached hydrogens (tertiary/aromatic N) is 2. The van der Waals surface area contributed by atoms with Crippen LogP contribution in [-0.4, -0.2) is 22.9 Å². The van der Waals surface area contributed by atoms with E-state index in [1.807, 2.05) is 5.38 Å². The monoisotopic (exact) mass is 333 g/mol. The molecule has 0 unspecified atom stereocenters. The number of nitrogens with one attached hydrogen (secondary N) is 1. The molecule has 0 saturated heterocycles. The summed E-state index contributed by atoms with van der Waals surface area (Å²) < 4.78 is 5.00. The molecule has 2 aromatic rings. The van der Waals surface area contributed by atoms with Gasteiger partial charge in [-0.05, 0) is 30.9 Å². The second kappa shape index (κ2) is 6.33. The zero-order chi connectivity index (χ0) is 16.4. The smallest absolute Gasteiger partial charge is 0.323 e. The highest BCUT2D eigenvalue weighted by Crippen LogP contribution is 2.42. The van der Waals surface area contributed by atoms with Crippen LogP contribution >= 0.6 is 11.3 Å². The van der Waals surface area contributed by atoms with Crippen molar-refractivity contribution in [3.63, 3.8) is 0 Å². The van der Waals surface area contributed by atoms with Gasteiger partial charge in [0.15, 0.2) is 5.75 Å². The summed E-state index contributed by atoms with van der Waals surface area (Å²) in [5.41, 5.74) is -0.322. The molecular weight excluding hydrogens is 318 g/mol. The van der Waals surface area contributed by atoms with Crippen LogP contribution in [0.15, 0.2) is 29.8 Å². The summed E-state index contributed by atoms with van der Waals surface area (Å²) in [6.07, 6.45) is 3.73. The summed E-state index contributed by atoms with van der Waals surface area (Å²) in [5, 5.41) is 16.9. The van der Waals surface area contributed by atoms with E-state index in [1.165, 1.54) is 30.6 Å². The maximum atomic E-state index is 12.6. The maximum absolute atomic E-state index is 12.6. The topological polar surface area (TPSA) is 94.4 Å². The highest BCUT2D eigenvalue weighted by molar-refractivity contribution is 7.09. The van der Waals surface area contributed by atoms with Gasteiger partial charge in [0.25, 0.3) is 5.91 Å². The molecule has 0 radical (unpaired) electrons. The molecule has 1 atom stereocenters. The minimum absolute atomic E-state index is 0.00319. The van der Waals surface area contributed by atoms with Crippen LogP contribution in [0.2, 0.25) is 0 Å². The zero-order valence-corrected chi connectivity index (χ0v) is 13.2. The maximum Gasteiger partial charge on any atom is 0.323 e. The molecule has 3 rings (SSSR count). The Hall–Kier alpha value is -2.48. The molecule has 1 aromatic carbocycles. The number of ether oxygens (including phenoxy) is 1. The average Bonchev–Trinajstić information content (AvgIpc) is 3.25. The number of para-hydroxylation sites is 1. The number of rotatable bonds is 6. The normalized spacial score (nSPS) is 15.0. The van der Waals surface area contributed by atoms with Crippen molar-refractivity contribution in [2.45, 2.75) is 18.9 Å². The molecule has 0 spiro atoms. The first-order valence-corrected chi connectivity index (χ1v) is 8.01. The molecule has 1 aliphatic carbocycles. The number of amides is 1. The number of nitro groups is 1. The third-order valence-electron chi connectivity index (χ3n) is 3.74. The summed E-state index contributed by atoms with van der Waals surface area (Å²) in [5.74, 6) is -0.0719. The summed E-state index contributed by atoms with van der Waals surface area (Å²) in [6.45, 7) is 0. The predicted octanol–water partition coefficient (Wildman–Crippen LogP) is 2.94. The summed E-state index contributed by atoms with van der Waals surface area (Å²) in [4.78, 5) is 27.6. The van der Waals surface area contributed by atoms with E-state index in [4.69, 9.17) is 4.74 Å². The number of benzene rings is 1. The molecule has 1 N–H and O–H groups in total. The molecule has 1 aliphatic rings. The third-order valence-corrected chi connectivity index (χ3v) is 4.60. The highest BCUT2D eigenvalue weighted by atomic mass is 32.1. The largest absolute Gasteiger partial charge is 0.490 e. The zero-order valence-electron chi connectivity index (χ0n) is 12.4. The van der Waals surface area contributed by atoms with Gasteiger partial charge in [-0.15, -0.1) is 11.3 Å². The summed E-state index contributed by atoms with van der Waals surface area (Å²) >= 11 is 1.47. The number of nitro benzene ring substituents is 1. The Morgan fingerprint density at radius 1 is 1.52 bits per heavy atom. The number of carbonyl (C=O) groups excluding carboxylic acids is 1. The molecule has 1 heterocycles. The van der Waals surface area contributed by atoms with Crippen LogP contribution in [0.3, 0.4) is 0 Å². The lowest BCUT2D eigenvalue weighted by Gasteiger charge is -2.16. The Morgan fingerprint density at radius 2 is 2.30 bits per heavy atom. The van der Waals surface area contributed by atoms with Gasteiger partial charge >= 0.3 is 5.69 Å². The van der Waals surface area contributed by atoms with Crippen LogP contribution in [0, 0.1) is 16.0 Å². The standard InChI is InChI=1S/C15H15N3O4S/c1-22-11-4-2-3-10(13(11)18(20)21)14(19)17-12(9-5-6-9)15-16-7-8-23-15/h2-4,7-9,12H,5-6H2,1H3,(H,17,19)/t12-/m0/s1. The molecule has 1 fully saturated rings. The van der Waals surface area contributed by atoms with Gasteiger partial charge in [-0.1, -0.05) is 6.07 Å². The van der Waals surface area contributed by atoms with Crippen molar-refractivity contribution in [1.29, 1.82) is 0 Å². The Kier molecular flexibility index (Phi) is 4.24. The van der Waals surface area contributed by atoms with E-state index in [0.717, 1.165) is 17.8 Å². The van der Waals surface area contributed by atoms with Gasteiger partial charge < -0.3 is 10.1 Å². The van der Waals surface area contributed by atoms with E-state index >= 15 is 0 Å². The van der Waals surface area contributed by atoms with Gasteiger partial charge in [0.1, 0.15) is 10.6 Å². The second-order valence-corrected chi connectivity index (χ2v) is 6.20. The lowest BCUT2D eigenvalue weighted by molar-refractivity contribution is -0.386. The van der Waals surface area contributed by atoms with Gasteiger partial charge in [-0.3, -0.25) is 14.9 Å². The molecule has 0 aliphatic heterocycles. The number of aromatic nitrogens is 1. The van der Waals surface area contributed by atoms with Crippen molar-refractivity contribution in [2.75, 3.05) is 7.11 Å². The molecular formula is C15H15N3O4S. The lowest BCUT2D eigenvalue weighted by atomic mass is 10.1. The molecule has 23 heavy (non-hydrogen) atoms. The van der Waals surface area contributed by atoms with E-state index in [9.17, 15) is 14.9 Å². The van der Waals surface area contributed by atoms with E-state index in [2.05, 4.69) is 10.3 Å². The van der Waals surface area contributed by atoms with E-state index in [0.29, 0.717) is 5.92 Å². The minimum Gasteiger partial charge on any atom is -0.490 e. The quantitative estimate of drug-likeness (QED) is 0.648. The van der Waals surface area contributed by atoms with Crippen LogP contribution in [0.25, 0.3) is 0 Å². The SMILES string of the molecule is COc1cccc(C(=O)N[C@H](c2nccs2)C2CC2)c1[N+](=O)[O-]. The molecule has 1 aromatic heterocycles. The van der Waals surface area contributed by atoms with Crippen molar-refractivity contribution in [3.05, 3.63) is 50.5 Å². The minimum atomic E-state index is -0.594. The third kappa shape index (κ3) is 3.16. The fourth-order valence-corrected chi connectivity index (χ4v) is 3.26. The molecule has 8 heteroatoms. The van der Waals surface area contributed by atoms with Crippen LogP contribution in [0.5, 0.6) is 5.75 Å². The van der Waals surface area contributed by atoms with Crippen LogP contribution in [-0.2, 0) is 0 Å². The highest BCUT2D eigenvalue weighted by Gasteiger charge is 2.36. The second-order valence-electron chi connectivity index (χ2n) is 5.27. The number of thiazole rings is 1. The van der Waals surface area contributed by atoms with E-state index in [-0.39, 0.29) is 23.0 Å². The number of carbonyl (C=O) groups is 1. The molecule has 1 saturated carbocycles. The molecule has 120 valence electrons. The van der Waals surface area contributed by atoms with Gasteiger partial charge in [-0.2, -0.15) is 0 Å². The van der Waals surface area contributed by atoms with Crippen LogP contribution in [0.1, 0.15) is 34.2 Å². The summed E-state index contributed by atoms with van der Waals surface area (Å²) in [6, 6.07) is 4.26. The summed E-state index contributed by atoms with van der Waals surface area (Å²) in [7, 11) is 1.34. The van der Waals surface area contributed by atoms with Crippen molar-refractivity contribution in [2.24, 2.45) is 5.92 Å². The Bertz CT molecular complexity index is 728. The van der Waals surface area contributed by atoms with Crippen molar-refractivity contribution >= 4 is 22.9 Å². The van der Waals surface area contributed by atoms with Crippen LogP contribution < -0.4 is 10.1 Å². The Labute approximate surface area is 136 Å². The first-order chi connectivity index (χ1) is 11.1. The van der Waals surface area contributed by atoms with Crippen molar-refractivity contribution in [3.8, 4) is 5.75 Å². The average molecular weight is 333 g/mol. The predicted molar refractivity (Wildman–Crippen MR) is 84.7 cm³/mol. The van der Waals surface area contributed by atoms with Gasteiger partial charge in [0.2, 0.25) is 0 Å². The van der Waals surface area contributed by atoms with E-state index in [1.54, 1.807) is 12.3 Å². The molecule has 1 amide bonds. The van der Waals surface area contributed by atoms with Gasteiger partial charge in [-0.25, -0.2) is 4.98 Å². The van der Waals surface area contributed by atoms with E-state index < -0.39 is 10.8 Å². The number of hydrogen-bond donors (Lipinski definition) is 1. The lowest BCUT2D eigenvalue weighted by Crippen LogP contribution is -2.30. The van der Waals surface area contributed by atoms with Gasteiger partial charge in [0.05, 0.1) is 18.1 Å². The first-order valence-electron chi connectivity index (χ1n) is 7.13. The molecule has 0 bridgehead atoms. The van der Waals surface area contributed by atoms with Crippen molar-refractivity contribution < 1.29 is 14.5 Å². The fraction of sp³-hybridized carbons (Fsp3) is 0.333. The van der Waals surface area contributed by atoms with Crippen molar-refractivity contribution in [1.82, 2.24) is 10.3 Å².